The average Bonchev–Trinajstić information content (AvgIpc) is 2.97. The minimum Gasteiger partial charge on any atom is -0.493 e. The van der Waals surface area contributed by atoms with Crippen LogP contribution in [0, 0.1) is 0 Å². The van der Waals surface area contributed by atoms with Gasteiger partial charge in [0.15, 0.2) is 16.7 Å². The molecular weight excluding hydrogens is 372 g/mol. The quantitative estimate of drug-likeness (QED) is 0.482. The third kappa shape index (κ3) is 4.75. The number of amidine groups is 1. The normalized spacial score (nSPS) is 16.8. The molecule has 1 aliphatic rings. The molecule has 28 heavy (non-hydrogen) atoms. The number of unbranched alkanes of at least 4 members (excludes halogenated alkanes) is 1. The molecule has 0 atom stereocenters. The summed E-state index contributed by atoms with van der Waals surface area (Å²) in [6, 6.07) is 15.3. The monoisotopic (exact) mass is 396 g/mol. The number of amides is 1. The Labute approximate surface area is 170 Å². The number of methoxy groups -OCH3 is 1. The van der Waals surface area contributed by atoms with Gasteiger partial charge in [0.2, 0.25) is 0 Å². The highest BCUT2D eigenvalue weighted by atomic mass is 32.2. The van der Waals surface area contributed by atoms with Crippen LogP contribution in [0.5, 0.6) is 11.5 Å². The first-order chi connectivity index (χ1) is 13.6. The molecule has 146 valence electrons. The summed E-state index contributed by atoms with van der Waals surface area (Å²) in [5.41, 5.74) is 1.70. The summed E-state index contributed by atoms with van der Waals surface area (Å²) in [5, 5.41) is 0.661. The first-order valence-electron chi connectivity index (χ1n) is 9.24. The second-order valence-electron chi connectivity index (χ2n) is 6.32. The van der Waals surface area contributed by atoms with E-state index in [4.69, 9.17) is 9.47 Å². The molecule has 0 saturated carbocycles. The van der Waals surface area contributed by atoms with Gasteiger partial charge in [-0.1, -0.05) is 37.6 Å². The molecule has 0 spiro atoms. The molecule has 0 bridgehead atoms. The van der Waals surface area contributed by atoms with Crippen LogP contribution in [0.1, 0.15) is 25.3 Å². The standard InChI is InChI=1S/C22H24N2O3S/c1-4-5-13-27-18-12-11-16(14-19(18)26-3)15-20-21(25)24(2)22(28-20)23-17-9-7-6-8-10-17/h6-12,14-15H,4-5,13H2,1-3H3/b20-15+,23-22?. The molecule has 1 saturated heterocycles. The molecular formula is C22H24N2O3S. The minimum absolute atomic E-state index is 0.0677. The van der Waals surface area contributed by atoms with Gasteiger partial charge in [-0.05, 0) is 54.1 Å². The Morgan fingerprint density at radius 2 is 1.93 bits per heavy atom. The number of aliphatic imine (C=N–C) groups is 1. The van der Waals surface area contributed by atoms with Gasteiger partial charge in [0.25, 0.3) is 5.91 Å². The maximum atomic E-state index is 12.6. The van der Waals surface area contributed by atoms with Crippen molar-refractivity contribution >= 4 is 34.6 Å². The summed E-state index contributed by atoms with van der Waals surface area (Å²) < 4.78 is 11.2. The number of thioether (sulfide) groups is 1. The number of carbonyl (C=O) groups excluding carboxylic acids is 1. The predicted molar refractivity (Wildman–Crippen MR) is 115 cm³/mol. The zero-order valence-electron chi connectivity index (χ0n) is 16.3. The molecule has 1 heterocycles. The number of hydrogen-bond acceptors (Lipinski definition) is 5. The molecule has 1 aliphatic heterocycles. The van der Waals surface area contributed by atoms with Crippen molar-refractivity contribution in [1.29, 1.82) is 0 Å². The molecule has 6 heteroatoms. The molecule has 1 fully saturated rings. The van der Waals surface area contributed by atoms with Gasteiger partial charge in [0.05, 0.1) is 24.3 Å². The van der Waals surface area contributed by atoms with Crippen LogP contribution in [0.25, 0.3) is 6.08 Å². The minimum atomic E-state index is -0.0677. The van der Waals surface area contributed by atoms with Crippen LogP contribution in [0.4, 0.5) is 5.69 Å². The average molecular weight is 397 g/mol. The molecule has 0 N–H and O–H groups in total. The van der Waals surface area contributed by atoms with E-state index in [2.05, 4.69) is 11.9 Å². The zero-order chi connectivity index (χ0) is 19.9. The van der Waals surface area contributed by atoms with Gasteiger partial charge in [0, 0.05) is 7.05 Å². The van der Waals surface area contributed by atoms with Crippen molar-refractivity contribution in [3.8, 4) is 11.5 Å². The number of likely N-dealkylation sites (N-methyl/N-ethyl adjacent to an activating group) is 1. The highest BCUT2D eigenvalue weighted by Crippen LogP contribution is 2.35. The molecule has 0 aliphatic carbocycles. The fourth-order valence-electron chi connectivity index (χ4n) is 2.64. The number of para-hydroxylation sites is 1. The number of nitrogens with zero attached hydrogens (tertiary/aromatic N) is 2. The van der Waals surface area contributed by atoms with E-state index in [-0.39, 0.29) is 5.91 Å². The fourth-order valence-corrected chi connectivity index (χ4v) is 3.62. The molecule has 0 radical (unpaired) electrons. The second kappa shape index (κ2) is 9.46. The van der Waals surface area contributed by atoms with E-state index in [1.807, 2.05) is 54.6 Å². The number of benzene rings is 2. The maximum Gasteiger partial charge on any atom is 0.266 e. The fraction of sp³-hybridized carbons (Fsp3) is 0.273. The van der Waals surface area contributed by atoms with Crippen molar-refractivity contribution < 1.29 is 14.3 Å². The molecule has 1 amide bonds. The van der Waals surface area contributed by atoms with Gasteiger partial charge in [0.1, 0.15) is 0 Å². The van der Waals surface area contributed by atoms with E-state index in [0.29, 0.717) is 28.2 Å². The van der Waals surface area contributed by atoms with Crippen molar-refractivity contribution in [2.24, 2.45) is 4.99 Å². The molecule has 2 aromatic rings. The number of carbonyl (C=O) groups is 1. The number of ether oxygens (including phenoxy) is 2. The van der Waals surface area contributed by atoms with Crippen LogP contribution in [0.3, 0.4) is 0 Å². The summed E-state index contributed by atoms with van der Waals surface area (Å²) in [6.45, 7) is 2.78. The van der Waals surface area contributed by atoms with E-state index in [9.17, 15) is 4.79 Å². The van der Waals surface area contributed by atoms with Gasteiger partial charge in [-0.25, -0.2) is 4.99 Å². The summed E-state index contributed by atoms with van der Waals surface area (Å²) >= 11 is 1.37. The number of rotatable bonds is 7. The molecule has 3 rings (SSSR count). The highest BCUT2D eigenvalue weighted by molar-refractivity contribution is 8.18. The summed E-state index contributed by atoms with van der Waals surface area (Å²) in [7, 11) is 3.36. The summed E-state index contributed by atoms with van der Waals surface area (Å²) in [6.07, 6.45) is 3.93. The first kappa shape index (κ1) is 20.0. The van der Waals surface area contributed by atoms with Gasteiger partial charge in [-0.2, -0.15) is 0 Å². The zero-order valence-corrected chi connectivity index (χ0v) is 17.2. The van der Waals surface area contributed by atoms with Crippen molar-refractivity contribution in [2.75, 3.05) is 20.8 Å². The van der Waals surface area contributed by atoms with E-state index in [0.717, 1.165) is 24.1 Å². The molecule has 2 aromatic carbocycles. The van der Waals surface area contributed by atoms with E-state index < -0.39 is 0 Å². The third-order valence-corrected chi connectivity index (χ3v) is 5.29. The summed E-state index contributed by atoms with van der Waals surface area (Å²) in [5.74, 6) is 1.31. The Balaban J connectivity index is 1.81. The smallest absolute Gasteiger partial charge is 0.266 e. The molecule has 0 aromatic heterocycles. The van der Waals surface area contributed by atoms with Crippen molar-refractivity contribution in [3.63, 3.8) is 0 Å². The Hall–Kier alpha value is -2.73. The first-order valence-corrected chi connectivity index (χ1v) is 10.1. The highest BCUT2D eigenvalue weighted by Gasteiger charge is 2.30. The van der Waals surface area contributed by atoms with Gasteiger partial charge < -0.3 is 9.47 Å². The molecule has 0 unspecified atom stereocenters. The lowest BCUT2D eigenvalue weighted by Crippen LogP contribution is -2.23. The Kier molecular flexibility index (Phi) is 6.76. The van der Waals surface area contributed by atoms with Crippen molar-refractivity contribution in [3.05, 3.63) is 59.0 Å². The topological polar surface area (TPSA) is 51.1 Å². The lowest BCUT2D eigenvalue weighted by atomic mass is 10.2. The van der Waals surface area contributed by atoms with E-state index in [1.165, 1.54) is 11.8 Å². The summed E-state index contributed by atoms with van der Waals surface area (Å²) in [4.78, 5) is 19.4. The third-order valence-electron chi connectivity index (χ3n) is 4.23. The SMILES string of the molecule is CCCCOc1ccc(/C=C2/SC(=Nc3ccccc3)N(C)C2=O)cc1OC. The van der Waals surface area contributed by atoms with Gasteiger partial charge >= 0.3 is 0 Å². The van der Waals surface area contributed by atoms with Gasteiger partial charge in [-0.3, -0.25) is 9.69 Å². The van der Waals surface area contributed by atoms with Crippen LogP contribution in [0.15, 0.2) is 58.4 Å². The Morgan fingerprint density at radius 3 is 2.64 bits per heavy atom. The van der Waals surface area contributed by atoms with Crippen LogP contribution >= 0.6 is 11.8 Å². The molecule has 5 nitrogen and oxygen atoms in total. The van der Waals surface area contributed by atoms with Gasteiger partial charge in [-0.15, -0.1) is 0 Å². The Bertz CT molecular complexity index is 894. The van der Waals surface area contributed by atoms with E-state index >= 15 is 0 Å². The van der Waals surface area contributed by atoms with Crippen LogP contribution in [-0.2, 0) is 4.79 Å². The lowest BCUT2D eigenvalue weighted by molar-refractivity contribution is -0.121. The number of hydrogen-bond donors (Lipinski definition) is 0. The van der Waals surface area contributed by atoms with E-state index in [1.54, 1.807) is 19.1 Å². The van der Waals surface area contributed by atoms with Crippen molar-refractivity contribution in [1.82, 2.24) is 4.90 Å². The van der Waals surface area contributed by atoms with Crippen molar-refractivity contribution in [2.45, 2.75) is 19.8 Å². The van der Waals surface area contributed by atoms with Crippen LogP contribution in [0.2, 0.25) is 0 Å². The van der Waals surface area contributed by atoms with Crippen LogP contribution in [-0.4, -0.2) is 36.7 Å². The second-order valence-corrected chi connectivity index (χ2v) is 7.33. The maximum absolute atomic E-state index is 12.6. The predicted octanol–water partition coefficient (Wildman–Crippen LogP) is 5.11. The van der Waals surface area contributed by atoms with Crippen LogP contribution < -0.4 is 9.47 Å². The largest absolute Gasteiger partial charge is 0.493 e. The lowest BCUT2D eigenvalue weighted by Gasteiger charge is -2.11. The Morgan fingerprint density at radius 1 is 1.14 bits per heavy atom.